The molecule has 0 amide bonds. The number of anilines is 6. The molecule has 9 rings (SSSR count). The zero-order valence-corrected chi connectivity index (χ0v) is 31.0. The van der Waals surface area contributed by atoms with Crippen LogP contribution in [0.4, 0.5) is 34.1 Å². The number of rotatable bonds is 10. The summed E-state index contributed by atoms with van der Waals surface area (Å²) in [7, 11) is 0. The number of para-hydroxylation sites is 4. The van der Waals surface area contributed by atoms with E-state index in [1.165, 1.54) is 32.7 Å². The van der Waals surface area contributed by atoms with Crippen LogP contribution in [0.15, 0.2) is 218 Å². The van der Waals surface area contributed by atoms with Gasteiger partial charge in [-0.25, -0.2) is 0 Å². The van der Waals surface area contributed by atoms with Crippen molar-refractivity contribution in [2.45, 2.75) is 0 Å². The molecule has 0 bridgehead atoms. The van der Waals surface area contributed by atoms with Crippen LogP contribution in [0.5, 0.6) is 0 Å². The minimum absolute atomic E-state index is 1.12. The number of hydrogen-bond donors (Lipinski definition) is 0. The molecule has 0 N–H and O–H groups in total. The van der Waals surface area contributed by atoms with Crippen molar-refractivity contribution in [3.05, 3.63) is 241 Å². The van der Waals surface area contributed by atoms with Crippen LogP contribution in [0.1, 0.15) is 22.3 Å². The van der Waals surface area contributed by atoms with E-state index in [1.54, 1.807) is 0 Å². The Kier molecular flexibility index (Phi) is 9.75. The second kappa shape index (κ2) is 15.9. The third-order valence-corrected chi connectivity index (χ3v) is 10.1. The van der Waals surface area contributed by atoms with E-state index in [0.717, 1.165) is 45.3 Å². The van der Waals surface area contributed by atoms with E-state index < -0.39 is 0 Å². The van der Waals surface area contributed by atoms with Crippen LogP contribution < -0.4 is 9.80 Å². The van der Waals surface area contributed by atoms with Crippen molar-refractivity contribution in [3.63, 3.8) is 0 Å². The van der Waals surface area contributed by atoms with Crippen molar-refractivity contribution < 1.29 is 0 Å². The highest BCUT2D eigenvalue weighted by Gasteiger charge is 2.13. The van der Waals surface area contributed by atoms with Gasteiger partial charge >= 0.3 is 0 Å². The molecule has 2 heteroatoms. The molecule has 0 aliphatic heterocycles. The standard InChI is InChI=1S/C54H40N2/c1-5-13-49(14-6-1)55(50-15-7-2-8-16-50)53-33-27-41(28-34-53)21-23-43-25-31-45-40-48-38-44(26-32-46(48)39-47(45)37-43)24-22-42-29-35-54(36-30-42)56(51-17-9-3-10-18-51)52-19-11-4-12-20-52/h1-40H. The van der Waals surface area contributed by atoms with Gasteiger partial charge in [0.15, 0.2) is 0 Å². The Bertz CT molecular complexity index is 2480. The van der Waals surface area contributed by atoms with Gasteiger partial charge in [0.2, 0.25) is 0 Å². The van der Waals surface area contributed by atoms with Gasteiger partial charge in [0, 0.05) is 34.1 Å². The van der Waals surface area contributed by atoms with Crippen molar-refractivity contribution in [1.82, 2.24) is 0 Å². The van der Waals surface area contributed by atoms with Gasteiger partial charge in [-0.3, -0.25) is 0 Å². The topological polar surface area (TPSA) is 6.48 Å². The first-order chi connectivity index (χ1) is 27.7. The Morgan fingerprint density at radius 1 is 0.214 bits per heavy atom. The van der Waals surface area contributed by atoms with E-state index in [9.17, 15) is 0 Å². The lowest BCUT2D eigenvalue weighted by atomic mass is 9.99. The molecule has 0 aliphatic carbocycles. The largest absolute Gasteiger partial charge is 0.311 e. The summed E-state index contributed by atoms with van der Waals surface area (Å²) in [5.41, 5.74) is 11.5. The molecule has 0 atom stereocenters. The van der Waals surface area contributed by atoms with Crippen LogP contribution in [0, 0.1) is 0 Å². The molecule has 0 heterocycles. The molecular weight excluding hydrogens is 677 g/mol. The third kappa shape index (κ3) is 7.64. The van der Waals surface area contributed by atoms with Crippen LogP contribution in [-0.2, 0) is 0 Å². The first kappa shape index (κ1) is 34.4. The highest BCUT2D eigenvalue weighted by molar-refractivity contribution is 6.00. The zero-order valence-electron chi connectivity index (χ0n) is 31.0. The number of nitrogens with zero attached hydrogens (tertiary/aromatic N) is 2. The molecule has 0 radical (unpaired) electrons. The first-order valence-corrected chi connectivity index (χ1v) is 19.1. The Morgan fingerprint density at radius 2 is 0.482 bits per heavy atom. The third-order valence-electron chi connectivity index (χ3n) is 10.1. The van der Waals surface area contributed by atoms with Gasteiger partial charge in [0.1, 0.15) is 0 Å². The summed E-state index contributed by atoms with van der Waals surface area (Å²) in [6.45, 7) is 0. The van der Waals surface area contributed by atoms with Gasteiger partial charge in [0.05, 0.1) is 0 Å². The second-order valence-corrected chi connectivity index (χ2v) is 13.9. The smallest absolute Gasteiger partial charge is 0.0462 e. The SMILES string of the molecule is C(=Cc1ccc2cc3cc(C=Cc4ccc(N(c5ccccc5)c5ccccc5)cc4)ccc3cc2c1)c1ccc(N(c2ccccc2)c2ccccc2)cc1. The average Bonchev–Trinajstić information content (AvgIpc) is 3.27. The number of benzene rings is 9. The summed E-state index contributed by atoms with van der Waals surface area (Å²) in [4.78, 5) is 4.57. The first-order valence-electron chi connectivity index (χ1n) is 19.1. The highest BCUT2D eigenvalue weighted by atomic mass is 15.1. The van der Waals surface area contributed by atoms with Gasteiger partial charge in [-0.2, -0.15) is 0 Å². The molecule has 266 valence electrons. The molecule has 9 aromatic carbocycles. The van der Waals surface area contributed by atoms with Crippen LogP contribution in [-0.4, -0.2) is 0 Å². The van der Waals surface area contributed by atoms with Gasteiger partial charge in [-0.05, 0) is 141 Å². The molecular formula is C54H40N2. The molecule has 0 aromatic heterocycles. The van der Waals surface area contributed by atoms with Gasteiger partial charge in [0.25, 0.3) is 0 Å². The highest BCUT2D eigenvalue weighted by Crippen LogP contribution is 2.36. The molecule has 0 unspecified atom stereocenters. The summed E-state index contributed by atoms with van der Waals surface area (Å²) in [5, 5.41) is 4.94. The quantitative estimate of drug-likeness (QED) is 0.103. The Labute approximate surface area is 329 Å². The lowest BCUT2D eigenvalue weighted by Crippen LogP contribution is -2.09. The summed E-state index contributed by atoms with van der Waals surface area (Å²) in [6, 6.07) is 77.6. The van der Waals surface area contributed by atoms with Crippen molar-refractivity contribution in [1.29, 1.82) is 0 Å². The molecule has 0 fully saturated rings. The fourth-order valence-electron chi connectivity index (χ4n) is 7.30. The normalized spacial score (nSPS) is 11.4. The molecule has 56 heavy (non-hydrogen) atoms. The minimum Gasteiger partial charge on any atom is -0.311 e. The Morgan fingerprint density at radius 3 is 0.804 bits per heavy atom. The minimum atomic E-state index is 1.12. The average molecular weight is 717 g/mol. The second-order valence-electron chi connectivity index (χ2n) is 13.9. The van der Waals surface area contributed by atoms with Crippen molar-refractivity contribution >= 4 is 80.0 Å². The maximum absolute atomic E-state index is 2.30. The summed E-state index contributed by atoms with van der Waals surface area (Å²) in [5.74, 6) is 0. The molecule has 0 saturated carbocycles. The number of fused-ring (bicyclic) bond motifs is 2. The van der Waals surface area contributed by atoms with E-state index in [1.807, 2.05) is 0 Å². The molecule has 9 aromatic rings. The molecule has 2 nitrogen and oxygen atoms in total. The summed E-state index contributed by atoms with van der Waals surface area (Å²) < 4.78 is 0. The Balaban J connectivity index is 0.903. The van der Waals surface area contributed by atoms with Gasteiger partial charge < -0.3 is 9.80 Å². The summed E-state index contributed by atoms with van der Waals surface area (Å²) in [6.07, 6.45) is 8.78. The monoisotopic (exact) mass is 716 g/mol. The predicted molar refractivity (Wildman–Crippen MR) is 242 cm³/mol. The van der Waals surface area contributed by atoms with Crippen molar-refractivity contribution in [3.8, 4) is 0 Å². The van der Waals surface area contributed by atoms with Crippen molar-refractivity contribution in [2.75, 3.05) is 9.80 Å². The van der Waals surface area contributed by atoms with Gasteiger partial charge in [-0.15, -0.1) is 0 Å². The molecule has 0 aliphatic rings. The maximum atomic E-state index is 2.30. The van der Waals surface area contributed by atoms with Crippen molar-refractivity contribution in [2.24, 2.45) is 0 Å². The fourth-order valence-corrected chi connectivity index (χ4v) is 7.30. The van der Waals surface area contributed by atoms with Gasteiger partial charge in [-0.1, -0.05) is 146 Å². The van der Waals surface area contributed by atoms with E-state index in [4.69, 9.17) is 0 Å². The predicted octanol–water partition coefficient (Wildman–Crippen LogP) is 15.3. The van der Waals surface area contributed by atoms with Crippen LogP contribution >= 0.6 is 0 Å². The fraction of sp³-hybridized carbons (Fsp3) is 0. The van der Waals surface area contributed by atoms with Crippen LogP contribution in [0.25, 0.3) is 45.8 Å². The Hall–Kier alpha value is -7.42. The molecule has 0 saturated heterocycles. The van der Waals surface area contributed by atoms with E-state index in [0.29, 0.717) is 0 Å². The maximum Gasteiger partial charge on any atom is 0.0462 e. The van der Waals surface area contributed by atoms with E-state index in [2.05, 4.69) is 252 Å². The zero-order chi connectivity index (χ0) is 37.5. The van der Waals surface area contributed by atoms with Crippen LogP contribution in [0.3, 0.4) is 0 Å². The molecule has 0 spiro atoms. The summed E-state index contributed by atoms with van der Waals surface area (Å²) >= 11 is 0. The number of hydrogen-bond acceptors (Lipinski definition) is 2. The van der Waals surface area contributed by atoms with E-state index >= 15 is 0 Å². The lowest BCUT2D eigenvalue weighted by Gasteiger charge is -2.25. The lowest BCUT2D eigenvalue weighted by molar-refractivity contribution is 1.28. The van der Waals surface area contributed by atoms with Crippen LogP contribution in [0.2, 0.25) is 0 Å². The van der Waals surface area contributed by atoms with E-state index in [-0.39, 0.29) is 0 Å².